The average Bonchev–Trinajstić information content (AvgIpc) is 2.14. The Morgan fingerprint density at radius 2 is 2.50 bits per heavy atom. The molecular formula is C7H14ClN3O3. The third kappa shape index (κ3) is 3.55. The quantitative estimate of drug-likeness (QED) is 0.333. The SMILES string of the molecule is CC(Cl)O/N=[N+](\[O-])N1CCCC(O)C1. The van der Waals surface area contributed by atoms with Crippen LogP contribution in [0.25, 0.3) is 0 Å². The molecule has 0 bridgehead atoms. The molecule has 0 aromatic carbocycles. The van der Waals surface area contributed by atoms with Crippen LogP contribution in [0.5, 0.6) is 0 Å². The summed E-state index contributed by atoms with van der Waals surface area (Å²) in [5, 5.41) is 25.1. The predicted octanol–water partition coefficient (Wildman–Crippen LogP) is 0.837. The number of rotatable bonds is 3. The van der Waals surface area contributed by atoms with Crippen molar-refractivity contribution in [1.29, 1.82) is 0 Å². The second-order valence-corrected chi connectivity index (χ2v) is 3.81. The fraction of sp³-hybridized carbons (Fsp3) is 1.00. The number of aliphatic hydroxyl groups is 1. The number of hydrogen-bond donors (Lipinski definition) is 1. The van der Waals surface area contributed by atoms with E-state index in [1.807, 2.05) is 0 Å². The van der Waals surface area contributed by atoms with Gasteiger partial charge in [0.25, 0.3) is 0 Å². The first-order chi connectivity index (χ1) is 6.59. The second kappa shape index (κ2) is 5.21. The van der Waals surface area contributed by atoms with E-state index in [1.54, 1.807) is 6.92 Å². The average molecular weight is 224 g/mol. The largest absolute Gasteiger partial charge is 0.569 e. The normalized spacial score (nSPS) is 26.1. The van der Waals surface area contributed by atoms with Gasteiger partial charge in [0.2, 0.25) is 10.8 Å². The molecule has 82 valence electrons. The van der Waals surface area contributed by atoms with Crippen LogP contribution in [0, 0.1) is 5.21 Å². The molecule has 0 aromatic rings. The summed E-state index contributed by atoms with van der Waals surface area (Å²) in [7, 11) is 0. The molecule has 2 atom stereocenters. The van der Waals surface area contributed by atoms with Crippen LogP contribution < -0.4 is 0 Å². The van der Waals surface area contributed by atoms with Gasteiger partial charge in [-0.1, -0.05) is 11.6 Å². The number of aliphatic hydroxyl groups excluding tert-OH is 1. The maximum Gasteiger partial charge on any atom is 0.234 e. The molecule has 0 amide bonds. The van der Waals surface area contributed by atoms with Crippen molar-refractivity contribution in [3.63, 3.8) is 0 Å². The molecule has 2 unspecified atom stereocenters. The maximum absolute atomic E-state index is 11.2. The van der Waals surface area contributed by atoms with E-state index < -0.39 is 11.7 Å². The third-order valence-electron chi connectivity index (χ3n) is 1.88. The third-order valence-corrected chi connectivity index (χ3v) is 1.96. The number of hydrazine groups is 1. The van der Waals surface area contributed by atoms with Crippen LogP contribution >= 0.6 is 11.6 Å². The molecule has 0 radical (unpaired) electrons. The molecule has 1 heterocycles. The fourth-order valence-corrected chi connectivity index (χ4v) is 1.28. The van der Waals surface area contributed by atoms with Gasteiger partial charge >= 0.3 is 0 Å². The zero-order valence-corrected chi connectivity index (χ0v) is 8.72. The Bertz CT molecular complexity index is 212. The van der Waals surface area contributed by atoms with Gasteiger partial charge in [0, 0.05) is 0 Å². The molecule has 14 heavy (non-hydrogen) atoms. The first-order valence-electron chi connectivity index (χ1n) is 4.50. The van der Waals surface area contributed by atoms with Crippen LogP contribution in [0.4, 0.5) is 0 Å². The summed E-state index contributed by atoms with van der Waals surface area (Å²) >= 11 is 5.44. The maximum atomic E-state index is 11.2. The van der Waals surface area contributed by atoms with Crippen molar-refractivity contribution in [2.24, 2.45) is 5.28 Å². The zero-order chi connectivity index (χ0) is 10.6. The van der Waals surface area contributed by atoms with Crippen molar-refractivity contribution >= 4 is 11.6 Å². The molecule has 1 fully saturated rings. The van der Waals surface area contributed by atoms with E-state index in [9.17, 15) is 10.3 Å². The van der Waals surface area contributed by atoms with Crippen molar-refractivity contribution in [2.75, 3.05) is 13.1 Å². The smallest absolute Gasteiger partial charge is 0.234 e. The molecule has 1 N–H and O–H groups in total. The standard InChI is InChI=1S/C7H14ClN3O3/c1-6(8)14-9-11(13)10-4-2-3-7(12)5-10/h6-7,12H,2-5H2,1H3/b11-9-. The molecule has 1 saturated heterocycles. The number of alkyl halides is 1. The summed E-state index contributed by atoms with van der Waals surface area (Å²) in [6.07, 6.45) is 1.02. The van der Waals surface area contributed by atoms with Gasteiger partial charge in [-0.2, -0.15) is 0 Å². The predicted molar refractivity (Wildman–Crippen MR) is 49.3 cm³/mol. The molecule has 0 spiro atoms. The summed E-state index contributed by atoms with van der Waals surface area (Å²) in [6.45, 7) is 2.42. The minimum Gasteiger partial charge on any atom is -0.569 e. The highest BCUT2D eigenvalue weighted by atomic mass is 35.5. The van der Waals surface area contributed by atoms with E-state index in [0.717, 1.165) is 12.8 Å². The van der Waals surface area contributed by atoms with Gasteiger partial charge in [-0.05, 0) is 19.8 Å². The Morgan fingerprint density at radius 3 is 3.07 bits per heavy atom. The van der Waals surface area contributed by atoms with E-state index in [0.29, 0.717) is 11.5 Å². The van der Waals surface area contributed by atoms with Crippen LogP contribution in [0.15, 0.2) is 5.28 Å². The lowest BCUT2D eigenvalue weighted by Gasteiger charge is -2.25. The first kappa shape index (κ1) is 11.3. The van der Waals surface area contributed by atoms with Gasteiger partial charge in [0.1, 0.15) is 6.54 Å². The van der Waals surface area contributed by atoms with Crippen LogP contribution in [0.1, 0.15) is 19.8 Å². The molecular weight excluding hydrogens is 210 g/mol. The lowest BCUT2D eigenvalue weighted by Crippen LogP contribution is -2.42. The minimum absolute atomic E-state index is 0.285. The Balaban J connectivity index is 2.42. The highest BCUT2D eigenvalue weighted by Gasteiger charge is 2.23. The van der Waals surface area contributed by atoms with E-state index in [-0.39, 0.29) is 6.54 Å². The van der Waals surface area contributed by atoms with Crippen molar-refractivity contribution in [3.8, 4) is 0 Å². The Hall–Kier alpha value is -0.750. The van der Waals surface area contributed by atoms with Crippen LogP contribution in [0.2, 0.25) is 0 Å². The highest BCUT2D eigenvalue weighted by Crippen LogP contribution is 2.10. The van der Waals surface area contributed by atoms with Gasteiger partial charge in [-0.25, -0.2) is 0 Å². The molecule has 0 aliphatic carbocycles. The zero-order valence-electron chi connectivity index (χ0n) is 7.97. The Kier molecular flexibility index (Phi) is 4.21. The van der Waals surface area contributed by atoms with E-state index in [1.165, 1.54) is 5.01 Å². The molecule has 1 rings (SSSR count). The second-order valence-electron chi connectivity index (χ2n) is 3.19. The molecule has 0 saturated carbocycles. The van der Waals surface area contributed by atoms with E-state index in [2.05, 4.69) is 10.1 Å². The molecule has 6 nitrogen and oxygen atoms in total. The number of halogens is 1. The molecule has 0 aromatic heterocycles. The summed E-state index contributed by atoms with van der Waals surface area (Å²) < 4.78 is 0. The summed E-state index contributed by atoms with van der Waals surface area (Å²) in [4.78, 5) is 4.91. The highest BCUT2D eigenvalue weighted by molar-refractivity contribution is 6.19. The van der Waals surface area contributed by atoms with E-state index in [4.69, 9.17) is 11.6 Å². The van der Waals surface area contributed by atoms with Crippen molar-refractivity contribution in [2.45, 2.75) is 31.4 Å². The molecule has 1 aliphatic rings. The monoisotopic (exact) mass is 223 g/mol. The minimum atomic E-state index is -0.638. The van der Waals surface area contributed by atoms with Crippen LogP contribution in [0.3, 0.4) is 0 Å². The first-order valence-corrected chi connectivity index (χ1v) is 4.94. The van der Waals surface area contributed by atoms with Gasteiger partial charge in [0.15, 0.2) is 0 Å². The van der Waals surface area contributed by atoms with Crippen LogP contribution in [-0.4, -0.2) is 39.8 Å². The van der Waals surface area contributed by atoms with Crippen molar-refractivity contribution < 1.29 is 14.9 Å². The molecule has 1 aliphatic heterocycles. The number of piperidine rings is 1. The van der Waals surface area contributed by atoms with E-state index >= 15 is 0 Å². The summed E-state index contributed by atoms with van der Waals surface area (Å²) in [5.41, 5.74) is -0.638. The van der Waals surface area contributed by atoms with Gasteiger partial charge < -0.3 is 15.2 Å². The van der Waals surface area contributed by atoms with Gasteiger partial charge in [0.05, 0.1) is 17.6 Å². The number of hydrogen-bond acceptors (Lipinski definition) is 4. The Labute approximate surface area is 87.2 Å². The topological polar surface area (TPSA) is 71.1 Å². The summed E-state index contributed by atoms with van der Waals surface area (Å²) in [6, 6.07) is 0. The number of β-amino-alcohol motifs (C(OH)–C–C–N with tert-alkyl or cyclic N) is 1. The fourth-order valence-electron chi connectivity index (χ4n) is 1.25. The lowest BCUT2D eigenvalue weighted by molar-refractivity contribution is -0.714. The lowest BCUT2D eigenvalue weighted by atomic mass is 10.1. The Morgan fingerprint density at radius 1 is 1.79 bits per heavy atom. The van der Waals surface area contributed by atoms with Gasteiger partial charge in [-0.15, -0.1) is 5.01 Å². The summed E-state index contributed by atoms with van der Waals surface area (Å²) in [5.74, 6) is 0. The van der Waals surface area contributed by atoms with Crippen molar-refractivity contribution in [1.82, 2.24) is 5.01 Å². The van der Waals surface area contributed by atoms with Gasteiger partial charge in [-0.3, -0.25) is 0 Å². The molecule has 7 heteroatoms. The van der Waals surface area contributed by atoms with Crippen molar-refractivity contribution in [3.05, 3.63) is 5.21 Å². The van der Waals surface area contributed by atoms with Crippen LogP contribution in [-0.2, 0) is 4.84 Å². The number of nitrogens with zero attached hydrogens (tertiary/aromatic N) is 3.